The fraction of sp³-hybridized carbons (Fsp3) is 0.190. The zero-order chi connectivity index (χ0) is 18.3. The summed E-state index contributed by atoms with van der Waals surface area (Å²) in [5, 5.41) is 0. The molecule has 1 heterocycles. The van der Waals surface area contributed by atoms with E-state index in [2.05, 4.69) is 48.0 Å². The second-order valence-corrected chi connectivity index (χ2v) is 7.17. The van der Waals surface area contributed by atoms with Gasteiger partial charge in [-0.1, -0.05) is 12.1 Å². The fourth-order valence-corrected chi connectivity index (χ4v) is 3.58. The molecule has 3 rings (SSSR count). The highest BCUT2D eigenvalue weighted by molar-refractivity contribution is 9.10. The molecule has 0 unspecified atom stereocenters. The Morgan fingerprint density at radius 3 is 2.32 bits per heavy atom. The van der Waals surface area contributed by atoms with Gasteiger partial charge in [-0.15, -0.1) is 0 Å². The predicted octanol–water partition coefficient (Wildman–Crippen LogP) is 6.17. The highest BCUT2D eigenvalue weighted by Crippen LogP contribution is 2.34. The molecule has 128 valence electrons. The van der Waals surface area contributed by atoms with Crippen molar-refractivity contribution in [3.05, 3.63) is 75.1 Å². The molecule has 0 aliphatic heterocycles. The van der Waals surface area contributed by atoms with E-state index >= 15 is 0 Å². The maximum absolute atomic E-state index is 13.5. The highest BCUT2D eigenvalue weighted by Gasteiger charge is 2.19. The Bertz CT molecular complexity index is 988. The van der Waals surface area contributed by atoms with Gasteiger partial charge in [0.15, 0.2) is 5.78 Å². The number of carbonyl (C=O) groups excluding carboxylic acids is 1. The van der Waals surface area contributed by atoms with Crippen LogP contribution in [0.25, 0.3) is 16.9 Å². The molecule has 0 atom stereocenters. The third-order valence-electron chi connectivity index (χ3n) is 4.58. The van der Waals surface area contributed by atoms with Crippen molar-refractivity contribution >= 4 is 21.7 Å². The van der Waals surface area contributed by atoms with Crippen molar-refractivity contribution < 1.29 is 9.18 Å². The van der Waals surface area contributed by atoms with E-state index in [4.69, 9.17) is 0 Å². The second-order valence-electron chi connectivity index (χ2n) is 6.32. The van der Waals surface area contributed by atoms with Crippen LogP contribution in [-0.4, -0.2) is 10.4 Å². The van der Waals surface area contributed by atoms with Crippen molar-refractivity contribution in [1.29, 1.82) is 0 Å². The van der Waals surface area contributed by atoms with Gasteiger partial charge in [0.2, 0.25) is 0 Å². The van der Waals surface area contributed by atoms with Crippen molar-refractivity contribution in [3.8, 4) is 16.9 Å². The maximum Gasteiger partial charge on any atom is 0.161 e. The van der Waals surface area contributed by atoms with E-state index in [0.29, 0.717) is 10.0 Å². The van der Waals surface area contributed by atoms with Gasteiger partial charge in [0.1, 0.15) is 5.82 Å². The molecule has 0 bridgehead atoms. The Balaban J connectivity index is 2.33. The molecule has 3 aromatic rings. The lowest BCUT2D eigenvalue weighted by Crippen LogP contribution is -2.02. The van der Waals surface area contributed by atoms with E-state index in [9.17, 15) is 9.18 Å². The Kier molecular flexibility index (Phi) is 4.65. The van der Waals surface area contributed by atoms with Gasteiger partial charge in [0, 0.05) is 15.7 Å². The van der Waals surface area contributed by atoms with E-state index in [1.807, 2.05) is 17.6 Å². The average Bonchev–Trinajstić information content (AvgIpc) is 2.88. The average molecular weight is 400 g/mol. The molecule has 0 fully saturated rings. The zero-order valence-electron chi connectivity index (χ0n) is 14.7. The summed E-state index contributed by atoms with van der Waals surface area (Å²) in [6, 6.07) is 12.7. The first-order valence-electron chi connectivity index (χ1n) is 8.06. The number of ketones is 1. The highest BCUT2D eigenvalue weighted by atomic mass is 79.9. The van der Waals surface area contributed by atoms with Gasteiger partial charge in [0.05, 0.1) is 11.4 Å². The summed E-state index contributed by atoms with van der Waals surface area (Å²) in [6.45, 7) is 7.62. The molecule has 0 amide bonds. The van der Waals surface area contributed by atoms with E-state index in [1.165, 1.54) is 23.3 Å². The molecule has 25 heavy (non-hydrogen) atoms. The molecule has 0 N–H and O–H groups in total. The molecular formula is C21H19BrFNO. The van der Waals surface area contributed by atoms with Crippen LogP contribution >= 0.6 is 15.9 Å². The summed E-state index contributed by atoms with van der Waals surface area (Å²) in [6.07, 6.45) is 0. The first-order valence-corrected chi connectivity index (χ1v) is 8.85. The molecule has 2 nitrogen and oxygen atoms in total. The molecule has 0 saturated carbocycles. The summed E-state index contributed by atoms with van der Waals surface area (Å²) in [7, 11) is 0. The van der Waals surface area contributed by atoms with Gasteiger partial charge in [-0.05, 0) is 90.6 Å². The predicted molar refractivity (Wildman–Crippen MR) is 103 cm³/mol. The number of hydrogen-bond acceptors (Lipinski definition) is 1. The van der Waals surface area contributed by atoms with Crippen molar-refractivity contribution in [2.75, 3.05) is 0 Å². The van der Waals surface area contributed by atoms with Crippen LogP contribution < -0.4 is 0 Å². The molecule has 0 aliphatic rings. The lowest BCUT2D eigenvalue weighted by atomic mass is 10.0. The monoisotopic (exact) mass is 399 g/mol. The van der Waals surface area contributed by atoms with Crippen molar-refractivity contribution in [1.82, 2.24) is 4.57 Å². The Morgan fingerprint density at radius 2 is 1.72 bits per heavy atom. The van der Waals surface area contributed by atoms with E-state index in [0.717, 1.165) is 22.6 Å². The normalized spacial score (nSPS) is 11.0. The summed E-state index contributed by atoms with van der Waals surface area (Å²) >= 11 is 3.45. The Hall–Kier alpha value is -2.20. The van der Waals surface area contributed by atoms with Gasteiger partial charge >= 0.3 is 0 Å². The van der Waals surface area contributed by atoms with Crippen molar-refractivity contribution in [3.63, 3.8) is 0 Å². The third kappa shape index (κ3) is 3.19. The number of carbonyl (C=O) groups is 1. The number of hydrogen-bond donors (Lipinski definition) is 0. The molecule has 0 spiro atoms. The SMILES string of the molecule is CC(=O)c1cc(-c2ccc(C)c(C)c2)n(-c2ccc(F)cc2Br)c1C. The first-order chi connectivity index (χ1) is 11.8. The minimum absolute atomic E-state index is 0.0135. The van der Waals surface area contributed by atoms with Crippen LogP contribution in [0.5, 0.6) is 0 Å². The summed E-state index contributed by atoms with van der Waals surface area (Å²) in [5.41, 5.74) is 6.66. The van der Waals surface area contributed by atoms with Crippen LogP contribution in [0.15, 0.2) is 46.9 Å². The molecule has 0 aliphatic carbocycles. The Morgan fingerprint density at radius 1 is 1.00 bits per heavy atom. The van der Waals surface area contributed by atoms with Gasteiger partial charge in [-0.25, -0.2) is 4.39 Å². The van der Waals surface area contributed by atoms with Crippen LogP contribution in [0.4, 0.5) is 4.39 Å². The van der Waals surface area contributed by atoms with Crippen LogP contribution in [0.3, 0.4) is 0 Å². The second kappa shape index (κ2) is 6.60. The maximum atomic E-state index is 13.5. The van der Waals surface area contributed by atoms with Crippen LogP contribution in [0.2, 0.25) is 0 Å². The quantitative estimate of drug-likeness (QED) is 0.482. The zero-order valence-corrected chi connectivity index (χ0v) is 16.2. The smallest absolute Gasteiger partial charge is 0.161 e. The van der Waals surface area contributed by atoms with Crippen molar-refractivity contribution in [2.24, 2.45) is 0 Å². The van der Waals surface area contributed by atoms with Crippen LogP contribution in [0, 0.1) is 26.6 Å². The minimum Gasteiger partial charge on any atom is -0.312 e. The standard InChI is InChI=1S/C21H19BrFNO/c1-12-5-6-16(9-13(12)2)21-11-18(15(4)25)14(3)24(21)20-8-7-17(23)10-19(20)22/h5-11H,1-4H3. The third-order valence-corrected chi connectivity index (χ3v) is 5.21. The van der Waals surface area contributed by atoms with Gasteiger partial charge in [0.25, 0.3) is 0 Å². The topological polar surface area (TPSA) is 22.0 Å². The number of rotatable bonds is 3. The lowest BCUT2D eigenvalue weighted by Gasteiger charge is -2.15. The van der Waals surface area contributed by atoms with Crippen LogP contribution in [0.1, 0.15) is 34.1 Å². The largest absolute Gasteiger partial charge is 0.312 e. The van der Waals surface area contributed by atoms with E-state index in [-0.39, 0.29) is 11.6 Å². The van der Waals surface area contributed by atoms with Gasteiger partial charge in [-0.2, -0.15) is 0 Å². The Labute approximate surface area is 155 Å². The minimum atomic E-state index is -0.306. The fourth-order valence-electron chi connectivity index (χ4n) is 3.05. The number of Topliss-reactive ketones (excluding diaryl/α,β-unsaturated/α-hetero) is 1. The van der Waals surface area contributed by atoms with E-state index in [1.54, 1.807) is 13.0 Å². The summed E-state index contributed by atoms with van der Waals surface area (Å²) in [5.74, 6) is -0.292. The van der Waals surface area contributed by atoms with Gasteiger partial charge in [-0.3, -0.25) is 4.79 Å². The van der Waals surface area contributed by atoms with Gasteiger partial charge < -0.3 is 4.57 Å². The molecule has 1 aromatic heterocycles. The number of halogens is 2. The molecule has 4 heteroatoms. The molecule has 0 radical (unpaired) electrons. The molecule has 2 aromatic carbocycles. The first kappa shape index (κ1) is 17.6. The number of nitrogens with zero attached hydrogens (tertiary/aromatic N) is 1. The number of benzene rings is 2. The van der Waals surface area contributed by atoms with E-state index < -0.39 is 0 Å². The van der Waals surface area contributed by atoms with Crippen molar-refractivity contribution in [2.45, 2.75) is 27.7 Å². The number of aryl methyl sites for hydroxylation is 2. The van der Waals surface area contributed by atoms with Crippen LogP contribution in [-0.2, 0) is 0 Å². The lowest BCUT2D eigenvalue weighted by molar-refractivity contribution is 0.101. The molecular weight excluding hydrogens is 381 g/mol. The number of aromatic nitrogens is 1. The molecule has 0 saturated heterocycles. The summed E-state index contributed by atoms with van der Waals surface area (Å²) in [4.78, 5) is 12.1. The summed E-state index contributed by atoms with van der Waals surface area (Å²) < 4.78 is 16.2.